The van der Waals surface area contributed by atoms with Crippen molar-refractivity contribution in [3.8, 4) is 0 Å². The van der Waals surface area contributed by atoms with Crippen LogP contribution >= 0.6 is 0 Å². The minimum atomic E-state index is -0.353. The van der Waals surface area contributed by atoms with Crippen molar-refractivity contribution in [1.82, 2.24) is 5.59 Å². The molecule has 1 heterocycles. The Morgan fingerprint density at radius 1 is 1.25 bits per heavy atom. The Labute approximate surface area is 69.6 Å². The smallest absolute Gasteiger partial charge is 0.156 e. The Hall–Kier alpha value is -1.52. The van der Waals surface area contributed by atoms with Crippen LogP contribution in [0.4, 0.5) is 5.69 Å². The number of benzene rings is 1. The number of hydrogen-bond acceptors (Lipinski definition) is 3. The van der Waals surface area contributed by atoms with Crippen molar-refractivity contribution < 1.29 is 15.0 Å². The highest BCUT2D eigenvalue weighted by molar-refractivity contribution is 5.28. The van der Waals surface area contributed by atoms with E-state index in [-0.39, 0.29) is 5.95 Å². The monoisotopic (exact) mass is 164 g/mol. The molecule has 0 spiro atoms. The summed E-state index contributed by atoms with van der Waals surface area (Å²) in [6.07, 6.45) is 1.43. The van der Waals surface area contributed by atoms with Crippen molar-refractivity contribution in [2.24, 2.45) is 0 Å². The highest BCUT2D eigenvalue weighted by Crippen LogP contribution is 1.99. The fourth-order valence-electron chi connectivity index (χ4n) is 1.04. The highest BCUT2D eigenvalue weighted by Gasteiger charge is 2.12. The lowest BCUT2D eigenvalue weighted by molar-refractivity contribution is -0.847. The maximum Gasteiger partial charge on any atom is 0.156 e. The maximum absolute atomic E-state index is 10.7. The first-order valence-corrected chi connectivity index (χ1v) is 3.60. The third kappa shape index (κ3) is 1.25. The van der Waals surface area contributed by atoms with Crippen LogP contribution in [0, 0.1) is 0 Å². The molecule has 0 bridgehead atoms. The van der Waals surface area contributed by atoms with Crippen LogP contribution in [0.15, 0.2) is 42.5 Å². The summed E-state index contributed by atoms with van der Waals surface area (Å²) in [5.74, 6) is -0.353. The highest BCUT2D eigenvalue weighted by atomic mass is 16.8. The van der Waals surface area contributed by atoms with Crippen LogP contribution in [-0.4, -0.2) is 0 Å². The van der Waals surface area contributed by atoms with Crippen molar-refractivity contribution in [3.05, 3.63) is 42.5 Å². The van der Waals surface area contributed by atoms with Gasteiger partial charge in [0.05, 0.1) is 0 Å². The van der Waals surface area contributed by atoms with Crippen LogP contribution < -0.4 is 15.7 Å². The molecule has 0 fully saturated rings. The standard InChI is InChI=1S/C8H8N2O2/c11-8-6-10(9-12-8)7-4-2-1-3-5-7/h1-6,9,11H. The molecule has 1 aliphatic heterocycles. The largest absolute Gasteiger partial charge is 0.540 e. The summed E-state index contributed by atoms with van der Waals surface area (Å²) in [7, 11) is 0. The molecule has 1 aromatic rings. The molecule has 2 rings (SSSR count). The van der Waals surface area contributed by atoms with Gasteiger partial charge in [-0.2, -0.15) is 5.01 Å². The van der Waals surface area contributed by atoms with Gasteiger partial charge in [0.25, 0.3) is 0 Å². The Morgan fingerprint density at radius 3 is 2.58 bits per heavy atom. The zero-order valence-corrected chi connectivity index (χ0v) is 6.28. The SMILES string of the molecule is [O-]C1=C[NH+](c2ccccc2)NO1. The van der Waals surface area contributed by atoms with Crippen LogP contribution in [0.25, 0.3) is 0 Å². The molecular formula is C8H8N2O2. The van der Waals surface area contributed by atoms with Crippen LogP contribution in [0.1, 0.15) is 0 Å². The van der Waals surface area contributed by atoms with Gasteiger partial charge >= 0.3 is 0 Å². The lowest BCUT2D eigenvalue weighted by Crippen LogP contribution is -3.08. The molecule has 62 valence electrons. The topological polar surface area (TPSA) is 48.8 Å². The summed E-state index contributed by atoms with van der Waals surface area (Å²) in [4.78, 5) is 4.54. The number of nitrogens with one attached hydrogen (secondary N) is 2. The number of hydrogen-bond donors (Lipinski definition) is 2. The molecule has 0 saturated carbocycles. The molecule has 1 aliphatic rings. The van der Waals surface area contributed by atoms with Gasteiger partial charge in [0, 0.05) is 12.1 Å². The zero-order valence-electron chi connectivity index (χ0n) is 6.28. The molecule has 0 saturated heterocycles. The Bertz CT molecular complexity index is 297. The van der Waals surface area contributed by atoms with Gasteiger partial charge in [0.2, 0.25) is 0 Å². The van der Waals surface area contributed by atoms with E-state index in [9.17, 15) is 5.11 Å². The fourth-order valence-corrected chi connectivity index (χ4v) is 1.04. The van der Waals surface area contributed by atoms with Crippen molar-refractivity contribution in [2.75, 3.05) is 0 Å². The maximum atomic E-state index is 10.7. The summed E-state index contributed by atoms with van der Waals surface area (Å²) < 4.78 is 0. The Morgan fingerprint density at radius 2 is 2.00 bits per heavy atom. The normalized spacial score (nSPS) is 21.7. The lowest BCUT2D eigenvalue weighted by Gasteiger charge is -2.09. The molecule has 1 unspecified atom stereocenters. The van der Waals surface area contributed by atoms with Gasteiger partial charge < -0.3 is 9.94 Å². The fraction of sp³-hybridized carbons (Fsp3) is 0. The van der Waals surface area contributed by atoms with E-state index in [0.717, 1.165) is 5.69 Å². The molecule has 0 aliphatic carbocycles. The van der Waals surface area contributed by atoms with Crippen LogP contribution in [-0.2, 0) is 4.84 Å². The van der Waals surface area contributed by atoms with E-state index in [0.29, 0.717) is 5.01 Å². The van der Waals surface area contributed by atoms with Crippen LogP contribution in [0.5, 0.6) is 0 Å². The first-order chi connectivity index (χ1) is 5.86. The zero-order chi connectivity index (χ0) is 8.39. The van der Waals surface area contributed by atoms with Gasteiger partial charge in [-0.15, -0.1) is 0 Å². The molecule has 1 aromatic carbocycles. The van der Waals surface area contributed by atoms with Crippen LogP contribution in [0.2, 0.25) is 0 Å². The second kappa shape index (κ2) is 2.84. The minimum Gasteiger partial charge on any atom is -0.540 e. The van der Waals surface area contributed by atoms with E-state index in [2.05, 4.69) is 10.4 Å². The predicted molar refractivity (Wildman–Crippen MR) is 39.4 cm³/mol. The van der Waals surface area contributed by atoms with Gasteiger partial charge in [-0.1, -0.05) is 23.8 Å². The van der Waals surface area contributed by atoms with E-state index >= 15 is 0 Å². The van der Waals surface area contributed by atoms with Crippen molar-refractivity contribution in [2.45, 2.75) is 0 Å². The second-order valence-electron chi connectivity index (χ2n) is 2.45. The van der Waals surface area contributed by atoms with E-state index < -0.39 is 0 Å². The minimum absolute atomic E-state index is 0.353. The van der Waals surface area contributed by atoms with Gasteiger partial charge in [-0.25, -0.2) is 0 Å². The van der Waals surface area contributed by atoms with E-state index in [1.807, 2.05) is 30.3 Å². The van der Waals surface area contributed by atoms with E-state index in [1.54, 1.807) is 0 Å². The van der Waals surface area contributed by atoms with Gasteiger partial charge in [0.1, 0.15) is 12.1 Å². The second-order valence-corrected chi connectivity index (χ2v) is 2.45. The average molecular weight is 164 g/mol. The Kier molecular flexibility index (Phi) is 1.69. The lowest BCUT2D eigenvalue weighted by atomic mass is 10.3. The molecule has 4 nitrogen and oxygen atoms in total. The van der Waals surface area contributed by atoms with E-state index in [1.165, 1.54) is 6.20 Å². The summed E-state index contributed by atoms with van der Waals surface area (Å²) in [6.45, 7) is 0. The quantitative estimate of drug-likeness (QED) is 0.549. The third-order valence-corrected chi connectivity index (χ3v) is 1.61. The first kappa shape index (κ1) is 7.15. The van der Waals surface area contributed by atoms with Crippen molar-refractivity contribution >= 4 is 5.69 Å². The number of quaternary nitrogens is 1. The summed E-state index contributed by atoms with van der Waals surface area (Å²) in [6, 6.07) is 9.53. The number of rotatable bonds is 1. The molecule has 1 atom stereocenters. The average Bonchev–Trinajstić information content (AvgIpc) is 2.54. The van der Waals surface area contributed by atoms with Crippen LogP contribution in [0.3, 0.4) is 0 Å². The summed E-state index contributed by atoms with van der Waals surface area (Å²) in [5, 5.41) is 11.4. The third-order valence-electron chi connectivity index (χ3n) is 1.61. The van der Waals surface area contributed by atoms with Gasteiger partial charge in [0.15, 0.2) is 5.69 Å². The molecule has 0 radical (unpaired) electrons. The van der Waals surface area contributed by atoms with Gasteiger partial charge in [-0.3, -0.25) is 0 Å². The molecule has 2 N–H and O–H groups in total. The van der Waals surface area contributed by atoms with Crippen molar-refractivity contribution in [3.63, 3.8) is 0 Å². The molecule has 4 heteroatoms. The molecule has 12 heavy (non-hydrogen) atoms. The van der Waals surface area contributed by atoms with E-state index in [4.69, 9.17) is 0 Å². The summed E-state index contributed by atoms with van der Waals surface area (Å²) >= 11 is 0. The van der Waals surface area contributed by atoms with Crippen molar-refractivity contribution in [1.29, 1.82) is 0 Å². The first-order valence-electron chi connectivity index (χ1n) is 3.60. The number of para-hydroxylation sites is 1. The molecule has 0 aromatic heterocycles. The molecular weight excluding hydrogens is 156 g/mol. The Balaban J connectivity index is 2.22. The van der Waals surface area contributed by atoms with Gasteiger partial charge in [-0.05, 0) is 0 Å². The molecule has 0 amide bonds. The summed E-state index contributed by atoms with van der Waals surface area (Å²) in [5.41, 5.74) is 3.48. The predicted octanol–water partition coefficient (Wildman–Crippen LogP) is -1.19.